The highest BCUT2D eigenvalue weighted by Crippen LogP contribution is 2.20. The van der Waals surface area contributed by atoms with E-state index in [2.05, 4.69) is 4.98 Å². The summed E-state index contributed by atoms with van der Waals surface area (Å²) in [6.07, 6.45) is 3.55. The van der Waals surface area contributed by atoms with Crippen LogP contribution in [0.1, 0.15) is 35.8 Å². The average Bonchev–Trinajstić information content (AvgIpc) is 3.04. The molecule has 18 heavy (non-hydrogen) atoms. The molecule has 0 radical (unpaired) electrons. The van der Waals surface area contributed by atoms with Crippen LogP contribution in [-0.4, -0.2) is 41.6 Å². The van der Waals surface area contributed by atoms with E-state index < -0.39 is 0 Å². The van der Waals surface area contributed by atoms with Gasteiger partial charge in [0.1, 0.15) is 11.8 Å². The molecule has 2 heterocycles. The average molecular weight is 247 g/mol. The summed E-state index contributed by atoms with van der Waals surface area (Å²) in [5, 5.41) is 8.75. The summed E-state index contributed by atoms with van der Waals surface area (Å²) >= 11 is 0. The third-order valence-corrected chi connectivity index (χ3v) is 3.19. The van der Waals surface area contributed by atoms with Crippen molar-refractivity contribution in [3.05, 3.63) is 23.5 Å². The largest absolute Gasteiger partial charge is 0.380 e. The van der Waals surface area contributed by atoms with Gasteiger partial charge in [-0.1, -0.05) is 0 Å². The first-order valence-corrected chi connectivity index (χ1v) is 6.23. The SMILES string of the molecule is CCOC[C@H]1CCCN1C(=O)c1cc(C#N)c[nH]1. The predicted octanol–water partition coefficient (Wildman–Crippen LogP) is 1.53. The Labute approximate surface area is 106 Å². The van der Waals surface area contributed by atoms with Gasteiger partial charge in [-0.2, -0.15) is 5.26 Å². The van der Waals surface area contributed by atoms with E-state index in [-0.39, 0.29) is 11.9 Å². The molecule has 0 bridgehead atoms. The lowest BCUT2D eigenvalue weighted by atomic mass is 10.2. The number of carbonyl (C=O) groups is 1. The highest BCUT2D eigenvalue weighted by Gasteiger charge is 2.30. The van der Waals surface area contributed by atoms with E-state index in [4.69, 9.17) is 10.00 Å². The summed E-state index contributed by atoms with van der Waals surface area (Å²) in [7, 11) is 0. The fourth-order valence-corrected chi connectivity index (χ4v) is 2.27. The molecule has 0 aliphatic carbocycles. The molecule has 1 fully saturated rings. The number of nitriles is 1. The molecule has 0 saturated carbocycles. The van der Waals surface area contributed by atoms with E-state index in [0.717, 1.165) is 19.4 Å². The van der Waals surface area contributed by atoms with Gasteiger partial charge in [0.15, 0.2) is 0 Å². The summed E-state index contributed by atoms with van der Waals surface area (Å²) in [6.45, 7) is 3.97. The molecule has 1 amide bonds. The Balaban J connectivity index is 2.05. The van der Waals surface area contributed by atoms with Gasteiger partial charge in [0.2, 0.25) is 0 Å². The van der Waals surface area contributed by atoms with Gasteiger partial charge in [0.05, 0.1) is 18.2 Å². The second-order valence-electron chi connectivity index (χ2n) is 4.37. The number of aromatic nitrogens is 1. The van der Waals surface area contributed by atoms with Crippen molar-refractivity contribution in [3.8, 4) is 6.07 Å². The molecule has 0 aromatic carbocycles. The van der Waals surface area contributed by atoms with Crippen LogP contribution < -0.4 is 0 Å². The Morgan fingerprint density at radius 2 is 2.56 bits per heavy atom. The highest BCUT2D eigenvalue weighted by atomic mass is 16.5. The van der Waals surface area contributed by atoms with Crippen LogP contribution in [-0.2, 0) is 4.74 Å². The van der Waals surface area contributed by atoms with E-state index in [1.54, 1.807) is 12.3 Å². The number of nitrogens with one attached hydrogen (secondary N) is 1. The van der Waals surface area contributed by atoms with Crippen LogP contribution in [0.5, 0.6) is 0 Å². The number of hydrogen-bond acceptors (Lipinski definition) is 3. The van der Waals surface area contributed by atoms with Gasteiger partial charge < -0.3 is 14.6 Å². The fourth-order valence-electron chi connectivity index (χ4n) is 2.27. The number of aromatic amines is 1. The monoisotopic (exact) mass is 247 g/mol. The molecular weight excluding hydrogens is 230 g/mol. The van der Waals surface area contributed by atoms with Crippen LogP contribution in [0.25, 0.3) is 0 Å². The number of rotatable bonds is 4. The summed E-state index contributed by atoms with van der Waals surface area (Å²) in [6, 6.07) is 3.77. The van der Waals surface area contributed by atoms with E-state index in [0.29, 0.717) is 24.5 Å². The number of H-pyrrole nitrogens is 1. The number of likely N-dealkylation sites (tertiary alicyclic amines) is 1. The van der Waals surface area contributed by atoms with Gasteiger partial charge in [-0.25, -0.2) is 0 Å². The molecule has 5 heteroatoms. The minimum atomic E-state index is -0.0429. The molecule has 1 aliphatic heterocycles. The molecule has 0 unspecified atom stereocenters. The van der Waals surface area contributed by atoms with Crippen molar-refractivity contribution in [1.82, 2.24) is 9.88 Å². The first-order chi connectivity index (χ1) is 8.76. The Morgan fingerprint density at radius 1 is 1.72 bits per heavy atom. The van der Waals surface area contributed by atoms with Crippen molar-refractivity contribution in [3.63, 3.8) is 0 Å². The first kappa shape index (κ1) is 12.7. The van der Waals surface area contributed by atoms with Crippen molar-refractivity contribution in [2.75, 3.05) is 19.8 Å². The Kier molecular flexibility index (Phi) is 4.00. The van der Waals surface area contributed by atoms with Crippen molar-refractivity contribution < 1.29 is 9.53 Å². The van der Waals surface area contributed by atoms with Crippen LogP contribution in [0.2, 0.25) is 0 Å². The van der Waals surface area contributed by atoms with Crippen LogP contribution in [0.15, 0.2) is 12.3 Å². The van der Waals surface area contributed by atoms with Crippen LogP contribution in [0.4, 0.5) is 0 Å². The first-order valence-electron chi connectivity index (χ1n) is 6.23. The van der Waals surface area contributed by atoms with Gasteiger partial charge in [-0.15, -0.1) is 0 Å². The summed E-state index contributed by atoms with van der Waals surface area (Å²) in [5.41, 5.74) is 0.967. The number of amides is 1. The fraction of sp³-hybridized carbons (Fsp3) is 0.538. The van der Waals surface area contributed by atoms with E-state index in [9.17, 15) is 4.79 Å². The van der Waals surface area contributed by atoms with E-state index in [1.807, 2.05) is 17.9 Å². The molecule has 1 N–H and O–H groups in total. The van der Waals surface area contributed by atoms with Crippen LogP contribution >= 0.6 is 0 Å². The minimum Gasteiger partial charge on any atom is -0.380 e. The van der Waals surface area contributed by atoms with E-state index in [1.165, 1.54) is 0 Å². The van der Waals surface area contributed by atoms with E-state index >= 15 is 0 Å². The second-order valence-corrected chi connectivity index (χ2v) is 4.37. The lowest BCUT2D eigenvalue weighted by Gasteiger charge is -2.23. The number of carbonyl (C=O) groups excluding carboxylic acids is 1. The van der Waals surface area contributed by atoms with Crippen LogP contribution in [0.3, 0.4) is 0 Å². The maximum Gasteiger partial charge on any atom is 0.270 e. The molecule has 1 saturated heterocycles. The molecule has 2 rings (SSSR count). The zero-order valence-corrected chi connectivity index (χ0v) is 10.5. The predicted molar refractivity (Wildman–Crippen MR) is 66.1 cm³/mol. The molecular formula is C13H17N3O2. The lowest BCUT2D eigenvalue weighted by Crippen LogP contribution is -2.38. The normalized spacial score (nSPS) is 18.9. The third kappa shape index (κ3) is 2.54. The molecule has 96 valence electrons. The Hall–Kier alpha value is -1.80. The third-order valence-electron chi connectivity index (χ3n) is 3.19. The van der Waals surface area contributed by atoms with Crippen molar-refractivity contribution >= 4 is 5.91 Å². The summed E-state index contributed by atoms with van der Waals surface area (Å²) in [5.74, 6) is -0.0429. The highest BCUT2D eigenvalue weighted by molar-refractivity contribution is 5.93. The molecule has 1 atom stereocenters. The Morgan fingerprint density at radius 3 is 3.22 bits per heavy atom. The second kappa shape index (κ2) is 5.69. The van der Waals surface area contributed by atoms with Gasteiger partial charge in [-0.3, -0.25) is 4.79 Å². The van der Waals surface area contributed by atoms with Crippen molar-refractivity contribution in [2.45, 2.75) is 25.8 Å². The smallest absolute Gasteiger partial charge is 0.270 e. The zero-order chi connectivity index (χ0) is 13.0. The van der Waals surface area contributed by atoms with Crippen LogP contribution in [0, 0.1) is 11.3 Å². The molecule has 1 aromatic rings. The van der Waals surface area contributed by atoms with Gasteiger partial charge >= 0.3 is 0 Å². The van der Waals surface area contributed by atoms with Gasteiger partial charge in [0, 0.05) is 19.3 Å². The molecule has 1 aliphatic rings. The van der Waals surface area contributed by atoms with Crippen molar-refractivity contribution in [1.29, 1.82) is 5.26 Å². The summed E-state index contributed by atoms with van der Waals surface area (Å²) < 4.78 is 5.40. The standard InChI is InChI=1S/C13H17N3O2/c1-2-18-9-11-4-3-5-16(11)13(17)12-6-10(7-14)8-15-12/h6,8,11,15H,2-5,9H2,1H3/t11-/m1/s1. The minimum absolute atomic E-state index is 0.0429. The van der Waals surface area contributed by atoms with Gasteiger partial charge in [0.25, 0.3) is 5.91 Å². The zero-order valence-electron chi connectivity index (χ0n) is 10.5. The molecule has 1 aromatic heterocycles. The molecule has 5 nitrogen and oxygen atoms in total. The summed E-state index contributed by atoms with van der Waals surface area (Å²) in [4.78, 5) is 17.0. The lowest BCUT2D eigenvalue weighted by molar-refractivity contribution is 0.0560. The topological polar surface area (TPSA) is 69.1 Å². The number of hydrogen-bond donors (Lipinski definition) is 1. The quantitative estimate of drug-likeness (QED) is 0.877. The number of nitrogens with zero attached hydrogens (tertiary/aromatic N) is 2. The Bertz CT molecular complexity index is 461. The van der Waals surface area contributed by atoms with Crippen molar-refractivity contribution in [2.24, 2.45) is 0 Å². The molecule has 0 spiro atoms. The maximum absolute atomic E-state index is 12.3. The maximum atomic E-state index is 12.3. The van der Waals surface area contributed by atoms with Gasteiger partial charge in [-0.05, 0) is 25.8 Å². The number of ether oxygens (including phenoxy) is 1.